The maximum absolute atomic E-state index is 10.2. The molecule has 0 radical (unpaired) electrons. The van der Waals surface area contributed by atoms with E-state index in [1.807, 2.05) is 5.18 Å². The lowest BCUT2D eigenvalue weighted by Crippen LogP contribution is -2.33. The Balaban J connectivity index is 3.84. The highest BCUT2D eigenvalue weighted by atomic mass is 16.3. The van der Waals surface area contributed by atoms with E-state index in [2.05, 4.69) is 5.73 Å². The van der Waals surface area contributed by atoms with Crippen molar-refractivity contribution >= 4 is 11.8 Å². The van der Waals surface area contributed by atoms with E-state index in [0.29, 0.717) is 0 Å². The Hall–Kier alpha value is -1.30. The number of amides is 2. The fourth-order valence-corrected chi connectivity index (χ4v) is 0.372. The van der Waals surface area contributed by atoms with E-state index in [0.717, 1.165) is 0 Å². The number of carbonyl (C=O) groups excluding carboxylic acids is 2. The average molecular weight is 145 g/mol. The molecule has 4 N–H and O–H groups in total. The van der Waals surface area contributed by atoms with Crippen molar-refractivity contribution < 1.29 is 9.59 Å². The Morgan fingerprint density at radius 1 is 1.50 bits per heavy atom. The van der Waals surface area contributed by atoms with Crippen LogP contribution in [0.1, 0.15) is 6.42 Å². The van der Waals surface area contributed by atoms with Crippen LogP contribution in [0.3, 0.4) is 0 Å². The van der Waals surface area contributed by atoms with E-state index in [-0.39, 0.29) is 6.42 Å². The molecule has 1 atom stereocenters. The molecule has 56 valence electrons. The number of nitrogens with two attached hydrogens (primary N) is 2. The third kappa shape index (κ3) is 2.88. The summed E-state index contributed by atoms with van der Waals surface area (Å²) >= 11 is 0. The van der Waals surface area contributed by atoms with Crippen LogP contribution in [-0.2, 0) is 9.59 Å². The third-order valence-electron chi connectivity index (χ3n) is 0.828. The number of hydrogen-bond acceptors (Lipinski definition) is 4. The molecular formula is C4H7N3O3. The summed E-state index contributed by atoms with van der Waals surface area (Å²) in [6.45, 7) is 0. The second-order valence-corrected chi connectivity index (χ2v) is 1.71. The van der Waals surface area contributed by atoms with Crippen molar-refractivity contribution in [2.45, 2.75) is 12.5 Å². The van der Waals surface area contributed by atoms with E-state index in [1.54, 1.807) is 0 Å². The van der Waals surface area contributed by atoms with Gasteiger partial charge in [0.2, 0.25) is 5.91 Å². The highest BCUT2D eigenvalue weighted by Crippen LogP contribution is 1.88. The summed E-state index contributed by atoms with van der Waals surface area (Å²) in [4.78, 5) is 29.8. The number of nitroso groups, excluding NO2 is 1. The van der Waals surface area contributed by atoms with Crippen LogP contribution in [0.25, 0.3) is 0 Å². The number of carbonyl (C=O) groups is 2. The molecule has 0 unspecified atom stereocenters. The molecule has 0 spiro atoms. The predicted octanol–water partition coefficient (Wildman–Crippen LogP) is -1.52. The Morgan fingerprint density at radius 3 is 2.30 bits per heavy atom. The van der Waals surface area contributed by atoms with Gasteiger partial charge >= 0.3 is 5.91 Å². The highest BCUT2D eigenvalue weighted by Gasteiger charge is 2.15. The second-order valence-electron chi connectivity index (χ2n) is 1.71. The van der Waals surface area contributed by atoms with Gasteiger partial charge in [-0.25, -0.2) is 0 Å². The van der Waals surface area contributed by atoms with Gasteiger partial charge in [-0.2, -0.15) is 0 Å². The van der Waals surface area contributed by atoms with Gasteiger partial charge in [-0.15, -0.1) is 4.91 Å². The minimum atomic E-state index is -1.19. The van der Waals surface area contributed by atoms with Crippen molar-refractivity contribution in [3.63, 3.8) is 0 Å². The maximum atomic E-state index is 10.2. The van der Waals surface area contributed by atoms with Gasteiger partial charge < -0.3 is 11.5 Å². The molecule has 0 aromatic heterocycles. The molecule has 0 rings (SSSR count). The number of nitrogens with zero attached hydrogens (tertiary/aromatic N) is 1. The summed E-state index contributed by atoms with van der Waals surface area (Å²) in [5.74, 6) is -1.79. The van der Waals surface area contributed by atoms with Crippen LogP contribution in [0.15, 0.2) is 5.18 Å². The summed E-state index contributed by atoms with van der Waals surface area (Å²) in [7, 11) is 0. The standard InChI is InChI=1S/C4H7N3O3/c5-2(1-3(6)8)4(9)7-10/h2H,1,5H2,(H2,6,8)/t2-/m0/s1. The van der Waals surface area contributed by atoms with E-state index in [1.165, 1.54) is 0 Å². The molecule has 0 bridgehead atoms. The first kappa shape index (κ1) is 8.70. The predicted molar refractivity (Wildman–Crippen MR) is 32.6 cm³/mol. The molecule has 0 aliphatic heterocycles. The van der Waals surface area contributed by atoms with Crippen LogP contribution >= 0.6 is 0 Å². The van der Waals surface area contributed by atoms with E-state index < -0.39 is 17.9 Å². The summed E-state index contributed by atoms with van der Waals surface area (Å²) in [6, 6.07) is -1.19. The Labute approximate surface area is 56.5 Å². The lowest BCUT2D eigenvalue weighted by atomic mass is 10.2. The summed E-state index contributed by atoms with van der Waals surface area (Å²) in [5, 5.41) is 2.02. The quantitative estimate of drug-likeness (QED) is 0.469. The maximum Gasteiger partial charge on any atom is 0.303 e. The van der Waals surface area contributed by atoms with E-state index in [4.69, 9.17) is 5.73 Å². The molecule has 0 aromatic rings. The fourth-order valence-electron chi connectivity index (χ4n) is 0.372. The Kier molecular flexibility index (Phi) is 3.20. The molecular weight excluding hydrogens is 138 g/mol. The molecule has 10 heavy (non-hydrogen) atoms. The molecule has 6 nitrogen and oxygen atoms in total. The van der Waals surface area contributed by atoms with Gasteiger partial charge in [0.1, 0.15) is 0 Å². The largest absolute Gasteiger partial charge is 0.370 e. The summed E-state index contributed by atoms with van der Waals surface area (Å²) in [6.07, 6.45) is -0.343. The smallest absolute Gasteiger partial charge is 0.303 e. The molecule has 0 aromatic carbocycles. The van der Waals surface area contributed by atoms with Crippen LogP contribution in [0, 0.1) is 4.91 Å². The van der Waals surface area contributed by atoms with Gasteiger partial charge in [-0.1, -0.05) is 0 Å². The van der Waals surface area contributed by atoms with Crippen molar-refractivity contribution in [1.82, 2.24) is 0 Å². The third-order valence-corrected chi connectivity index (χ3v) is 0.828. The molecule has 0 saturated heterocycles. The molecule has 2 amide bonds. The summed E-state index contributed by atoms with van der Waals surface area (Å²) in [5.41, 5.74) is 9.66. The number of hydrogen-bond donors (Lipinski definition) is 2. The van der Waals surface area contributed by atoms with Gasteiger partial charge in [-0.3, -0.25) is 9.59 Å². The van der Waals surface area contributed by atoms with Crippen LogP contribution < -0.4 is 11.5 Å². The average Bonchev–Trinajstić information content (AvgIpc) is 1.85. The molecule has 0 fully saturated rings. The van der Waals surface area contributed by atoms with Crippen molar-refractivity contribution in [2.75, 3.05) is 0 Å². The fraction of sp³-hybridized carbons (Fsp3) is 0.500. The van der Waals surface area contributed by atoms with Gasteiger partial charge in [0, 0.05) is 5.18 Å². The monoisotopic (exact) mass is 145 g/mol. The Morgan fingerprint density at radius 2 is 2.00 bits per heavy atom. The minimum absolute atomic E-state index is 0.343. The van der Waals surface area contributed by atoms with Crippen LogP contribution in [0.4, 0.5) is 0 Å². The SMILES string of the molecule is NC(=O)C[C@H](N)C(=O)N=O. The topological polar surface area (TPSA) is 116 Å². The second kappa shape index (κ2) is 3.67. The minimum Gasteiger partial charge on any atom is -0.370 e. The van der Waals surface area contributed by atoms with E-state index >= 15 is 0 Å². The van der Waals surface area contributed by atoms with Crippen LogP contribution in [0.5, 0.6) is 0 Å². The lowest BCUT2D eigenvalue weighted by Gasteiger charge is -1.99. The van der Waals surface area contributed by atoms with Crippen LogP contribution in [0.2, 0.25) is 0 Å². The zero-order chi connectivity index (χ0) is 8.15. The molecule has 6 heteroatoms. The highest BCUT2D eigenvalue weighted by molar-refractivity contribution is 5.87. The molecule has 0 aliphatic carbocycles. The molecule has 0 heterocycles. The van der Waals surface area contributed by atoms with Crippen LogP contribution in [-0.4, -0.2) is 17.9 Å². The van der Waals surface area contributed by atoms with Gasteiger partial charge in [-0.05, 0) is 0 Å². The lowest BCUT2D eigenvalue weighted by molar-refractivity contribution is -0.124. The normalized spacial score (nSPS) is 12.1. The first-order valence-electron chi connectivity index (χ1n) is 2.49. The molecule has 0 aliphatic rings. The zero-order valence-corrected chi connectivity index (χ0v) is 5.11. The van der Waals surface area contributed by atoms with Crippen molar-refractivity contribution in [3.8, 4) is 0 Å². The van der Waals surface area contributed by atoms with Gasteiger partial charge in [0.25, 0.3) is 0 Å². The first-order chi connectivity index (χ1) is 4.57. The van der Waals surface area contributed by atoms with Crippen molar-refractivity contribution in [3.05, 3.63) is 4.91 Å². The van der Waals surface area contributed by atoms with Gasteiger partial charge in [0.15, 0.2) is 0 Å². The first-order valence-corrected chi connectivity index (χ1v) is 2.49. The number of primary amides is 1. The van der Waals surface area contributed by atoms with Crippen molar-refractivity contribution in [2.24, 2.45) is 16.6 Å². The molecule has 0 saturated carbocycles. The number of rotatable bonds is 3. The van der Waals surface area contributed by atoms with Gasteiger partial charge in [0.05, 0.1) is 12.5 Å². The van der Waals surface area contributed by atoms with E-state index in [9.17, 15) is 14.5 Å². The zero-order valence-electron chi connectivity index (χ0n) is 5.11. The van der Waals surface area contributed by atoms with Crippen molar-refractivity contribution in [1.29, 1.82) is 0 Å². The summed E-state index contributed by atoms with van der Waals surface area (Å²) < 4.78 is 0. The Bertz CT molecular complexity index is 167.